The van der Waals surface area contributed by atoms with Gasteiger partial charge in [-0.3, -0.25) is 20.2 Å². The number of allylic oxidation sites excluding steroid dienone is 1. The number of aliphatic carboxylic acids is 2. The molecule has 12 heteroatoms. The molecule has 334 valence electrons. The van der Waals surface area contributed by atoms with Gasteiger partial charge in [-0.15, -0.1) is 7.88 Å². The van der Waals surface area contributed by atoms with E-state index in [1.807, 2.05) is 55.4 Å². The first-order chi connectivity index (χ1) is 26.2. The lowest BCUT2D eigenvalue weighted by molar-refractivity contribution is -0.245. The predicted octanol–water partition coefficient (Wildman–Crippen LogP) is 12.1. The number of carboxylic acids is 2. The van der Waals surface area contributed by atoms with Crippen LogP contribution in [-0.4, -0.2) is 64.3 Å². The van der Waals surface area contributed by atoms with Gasteiger partial charge < -0.3 is 10.2 Å². The van der Waals surface area contributed by atoms with Crippen molar-refractivity contribution in [2.75, 3.05) is 0 Å². The zero-order chi connectivity index (χ0) is 44.2. The Labute approximate surface area is 372 Å². The van der Waals surface area contributed by atoms with Crippen molar-refractivity contribution in [1.29, 1.82) is 0 Å². The fourth-order valence-electron chi connectivity index (χ4n) is 14.8. The first kappa shape index (κ1) is 48.7. The summed E-state index contributed by atoms with van der Waals surface area (Å²) in [5.41, 5.74) is -1.72. The minimum absolute atomic E-state index is 0.0648. The third kappa shape index (κ3) is 7.43. The van der Waals surface area contributed by atoms with Gasteiger partial charge in [-0.1, -0.05) is 46.8 Å². The summed E-state index contributed by atoms with van der Waals surface area (Å²) in [6.45, 7) is 34.9. The highest BCUT2D eigenvalue weighted by atomic mass is 35.5. The summed E-state index contributed by atoms with van der Waals surface area (Å²) >= 11 is 25.3. The lowest BCUT2D eigenvalue weighted by Gasteiger charge is -2.73. The van der Waals surface area contributed by atoms with Gasteiger partial charge in [-0.2, -0.15) is 0 Å². The van der Waals surface area contributed by atoms with E-state index in [1.54, 1.807) is 0 Å². The van der Waals surface area contributed by atoms with Gasteiger partial charge in [0, 0.05) is 11.1 Å². The average Bonchev–Trinajstić information content (AvgIpc) is 3.46. The molecule has 0 bridgehead atoms. The number of nitrogens with one attached hydrogen (secondary N) is 2. The number of hydrogen-bond acceptors (Lipinski definition) is 6. The summed E-state index contributed by atoms with van der Waals surface area (Å²) in [4.78, 5) is 26.4. The summed E-state index contributed by atoms with van der Waals surface area (Å²) in [7, 11) is 0. The minimum atomic E-state index is -0.826. The first-order valence-corrected chi connectivity index (χ1v) is 23.5. The largest absolute Gasteiger partial charge is 0.480 e. The van der Waals surface area contributed by atoms with Crippen molar-refractivity contribution in [3.63, 3.8) is 0 Å². The van der Waals surface area contributed by atoms with Gasteiger partial charge in [0.2, 0.25) is 0 Å². The third-order valence-corrected chi connectivity index (χ3v) is 21.6. The van der Waals surface area contributed by atoms with E-state index in [9.17, 15) is 19.8 Å². The highest BCUT2D eigenvalue weighted by Crippen LogP contribution is 2.78. The van der Waals surface area contributed by atoms with E-state index < -0.39 is 46.2 Å². The van der Waals surface area contributed by atoms with Crippen LogP contribution >= 0.6 is 47.1 Å². The Hall–Kier alpha value is -0.320. The van der Waals surface area contributed by atoms with E-state index >= 15 is 0 Å². The molecule has 3 unspecified atom stereocenters. The molecule has 0 aromatic heterocycles. The minimum Gasteiger partial charge on any atom is -0.480 e. The maximum atomic E-state index is 13.2. The van der Waals surface area contributed by atoms with E-state index in [2.05, 4.69) is 58.8 Å². The second-order valence-corrected chi connectivity index (χ2v) is 25.2. The van der Waals surface area contributed by atoms with Gasteiger partial charge in [0.05, 0.1) is 11.1 Å². The molecule has 5 aliphatic rings. The Balaban J connectivity index is 1.47. The Bertz CT molecular complexity index is 1600. The van der Waals surface area contributed by atoms with Crippen molar-refractivity contribution >= 4 is 59.0 Å². The van der Waals surface area contributed by atoms with Gasteiger partial charge >= 0.3 is 11.9 Å². The molecule has 58 heavy (non-hydrogen) atoms. The average molecular weight is 893 g/mol. The van der Waals surface area contributed by atoms with Crippen LogP contribution in [0.4, 0.5) is 0 Å². The number of carboxylic acid groups (broad SMARTS) is 2. The van der Waals surface area contributed by atoms with Crippen LogP contribution in [0.2, 0.25) is 0 Å². The molecule has 0 heterocycles. The predicted molar refractivity (Wildman–Crippen MR) is 240 cm³/mol. The Morgan fingerprint density at radius 1 is 0.707 bits per heavy atom. The lowest BCUT2D eigenvalue weighted by Crippen LogP contribution is -2.69. The van der Waals surface area contributed by atoms with Crippen molar-refractivity contribution < 1.29 is 19.8 Å². The highest BCUT2D eigenvalue weighted by Gasteiger charge is 2.71. The molecule has 5 aliphatic carbocycles. The quantitative estimate of drug-likeness (QED) is 0.101. The first-order valence-electron chi connectivity index (χ1n) is 22.1. The molecule has 8 nitrogen and oxygen atoms in total. The van der Waals surface area contributed by atoms with Crippen molar-refractivity contribution in [2.24, 2.45) is 62.6 Å². The fourth-order valence-corrected chi connectivity index (χ4v) is 15.7. The van der Waals surface area contributed by atoms with Crippen LogP contribution in [-0.2, 0) is 9.59 Å². The van der Waals surface area contributed by atoms with E-state index in [1.165, 1.54) is 5.57 Å². The molecule has 0 aromatic carbocycles. The SMILES string of the molecule is C=C(C)[C@@H]1CC[C@]2(CC(NC(C)(C)C(C)(C)N(Cl)Cl)C(=O)O)CC[C@]3(C)[C@H](CC[C@@H]4[C@@]5(C)CCC(C(NC(C)(C)C(C)(C)N(Cl)Cl)C(=O)O)C(C)(C)[C@@H]5CC[C@]43C)[C@@H]12. The topological polar surface area (TPSA) is 105 Å². The van der Waals surface area contributed by atoms with Crippen molar-refractivity contribution in [2.45, 2.75) is 202 Å². The molecule has 4 N–H and O–H groups in total. The summed E-state index contributed by atoms with van der Waals surface area (Å²) in [5.74, 6) is 0.362. The molecule has 5 saturated carbocycles. The van der Waals surface area contributed by atoms with Crippen LogP contribution in [0.15, 0.2) is 12.2 Å². The molecule has 12 atom stereocenters. The summed E-state index contributed by atoms with van der Waals surface area (Å²) in [6, 6.07) is -1.50. The number of fused-ring (bicyclic) bond motifs is 7. The third-order valence-electron chi connectivity index (χ3n) is 19.9. The van der Waals surface area contributed by atoms with Gasteiger partial charge in [0.25, 0.3) is 0 Å². The van der Waals surface area contributed by atoms with Gasteiger partial charge in [0.1, 0.15) is 12.1 Å². The molecule has 0 saturated heterocycles. The Morgan fingerprint density at radius 2 is 1.26 bits per heavy atom. The van der Waals surface area contributed by atoms with Gasteiger partial charge in [-0.05, 0) is 243 Å². The zero-order valence-electron chi connectivity index (χ0n) is 38.2. The zero-order valence-corrected chi connectivity index (χ0v) is 41.2. The normalized spacial score (nSPS) is 39.0. The van der Waals surface area contributed by atoms with E-state index in [0.29, 0.717) is 36.0 Å². The smallest absolute Gasteiger partial charge is 0.321 e. The van der Waals surface area contributed by atoms with E-state index in [-0.39, 0.29) is 33.0 Å². The summed E-state index contributed by atoms with van der Waals surface area (Å²) in [6.07, 6.45) is 11.0. The molecule has 0 aliphatic heterocycles. The van der Waals surface area contributed by atoms with Crippen molar-refractivity contribution in [3.05, 3.63) is 12.2 Å². The number of rotatable bonds is 14. The molecule has 0 aromatic rings. The van der Waals surface area contributed by atoms with Gasteiger partial charge in [0.15, 0.2) is 0 Å². The monoisotopic (exact) mass is 890 g/mol. The fraction of sp³-hybridized carbons (Fsp3) is 0.913. The number of nitrogens with zero attached hydrogens (tertiary/aromatic N) is 2. The lowest BCUT2D eigenvalue weighted by atomic mass is 9.31. The van der Waals surface area contributed by atoms with Crippen LogP contribution in [0.5, 0.6) is 0 Å². The summed E-state index contributed by atoms with van der Waals surface area (Å²) in [5, 5.41) is 28.8. The molecule has 5 fully saturated rings. The standard InChI is InChI=1S/C46H78Cl4N4O4/c1-27(2)28-18-23-46(26-31(36(55)56)51-39(5,6)41(9,10)53(47)48)25-24-44(14)29(34(28)46)16-17-33-43(13)21-19-30(38(3,4)32(43)20-22-45(33,44)15)35(37(57)58)52-40(7,8)42(11,12)54(49)50/h28-35,51-52H,1,16-26H2,2-15H3,(H,55,56)(H,57,58)/t28-,29+,30?,31?,32-,33+,34+,35?,43-,44+,45+,46+/m0/s1. The number of halogens is 4. The number of hydrogen-bond donors (Lipinski definition) is 4. The number of carbonyl (C=O) groups is 2. The van der Waals surface area contributed by atoms with Crippen molar-refractivity contribution in [1.82, 2.24) is 18.5 Å². The van der Waals surface area contributed by atoms with E-state index in [4.69, 9.17) is 47.1 Å². The van der Waals surface area contributed by atoms with Crippen LogP contribution < -0.4 is 10.6 Å². The van der Waals surface area contributed by atoms with E-state index in [0.717, 1.165) is 72.1 Å². The van der Waals surface area contributed by atoms with Crippen molar-refractivity contribution in [3.8, 4) is 0 Å². The maximum Gasteiger partial charge on any atom is 0.321 e. The molecule has 5 rings (SSSR count). The molecular formula is C46H78Cl4N4O4. The summed E-state index contributed by atoms with van der Waals surface area (Å²) < 4.78 is 2.28. The van der Waals surface area contributed by atoms with Crippen LogP contribution in [0.25, 0.3) is 0 Å². The van der Waals surface area contributed by atoms with Crippen LogP contribution in [0, 0.1) is 62.6 Å². The highest BCUT2D eigenvalue weighted by molar-refractivity contribution is 6.34. The Kier molecular flexibility index (Phi) is 13.2. The van der Waals surface area contributed by atoms with Crippen LogP contribution in [0.3, 0.4) is 0 Å². The molecule has 0 spiro atoms. The Morgan fingerprint density at radius 3 is 1.76 bits per heavy atom. The second kappa shape index (κ2) is 15.7. The maximum absolute atomic E-state index is 13.2. The second-order valence-electron chi connectivity index (χ2n) is 23.5. The molecular weight excluding hydrogens is 814 g/mol. The molecule has 0 radical (unpaired) electrons. The van der Waals surface area contributed by atoms with Crippen LogP contribution in [0.1, 0.15) is 168 Å². The van der Waals surface area contributed by atoms with Gasteiger partial charge in [-0.25, -0.2) is 0 Å². The molecule has 0 amide bonds.